The zero-order chi connectivity index (χ0) is 23.2. The molecule has 172 valence electrons. The van der Waals surface area contributed by atoms with Crippen LogP contribution < -0.4 is 0 Å². The molecule has 0 unspecified atom stereocenters. The van der Waals surface area contributed by atoms with Crippen molar-refractivity contribution in [2.75, 3.05) is 19.7 Å². The van der Waals surface area contributed by atoms with Crippen LogP contribution in [0.15, 0.2) is 30.3 Å². The van der Waals surface area contributed by atoms with Gasteiger partial charge in [-0.25, -0.2) is 9.59 Å². The number of benzene rings is 1. The van der Waals surface area contributed by atoms with Crippen molar-refractivity contribution in [2.24, 2.45) is 5.92 Å². The van der Waals surface area contributed by atoms with Crippen molar-refractivity contribution in [3.05, 3.63) is 35.9 Å². The van der Waals surface area contributed by atoms with Crippen LogP contribution in [0.2, 0.25) is 0 Å². The molecule has 2 rings (SSSR count). The first kappa shape index (κ1) is 24.7. The molecular formula is C24H36N2O5. The summed E-state index contributed by atoms with van der Waals surface area (Å²) in [5.41, 5.74) is 0.295. The van der Waals surface area contributed by atoms with Crippen LogP contribution >= 0.6 is 0 Å². The van der Waals surface area contributed by atoms with Gasteiger partial charge in [0.15, 0.2) is 0 Å². The maximum absolute atomic E-state index is 13.6. The van der Waals surface area contributed by atoms with Crippen molar-refractivity contribution in [1.29, 1.82) is 0 Å². The SMILES string of the molecule is CCOC(=O)[C@H](Cc1ccccc1)N1CCN(C(=O)OC(C)(C)C)[C@H](CC(C)C)C1=O. The molecule has 0 N–H and O–H groups in total. The van der Waals surface area contributed by atoms with Gasteiger partial charge in [-0.05, 0) is 45.6 Å². The molecule has 0 radical (unpaired) electrons. The average Bonchev–Trinajstić information content (AvgIpc) is 2.67. The van der Waals surface area contributed by atoms with Crippen molar-refractivity contribution in [1.82, 2.24) is 9.80 Å². The van der Waals surface area contributed by atoms with Crippen LogP contribution in [0.3, 0.4) is 0 Å². The fourth-order valence-corrected chi connectivity index (χ4v) is 3.73. The van der Waals surface area contributed by atoms with E-state index in [9.17, 15) is 14.4 Å². The van der Waals surface area contributed by atoms with E-state index in [0.29, 0.717) is 19.4 Å². The Labute approximate surface area is 185 Å². The molecule has 0 aromatic heterocycles. The largest absolute Gasteiger partial charge is 0.464 e. The van der Waals surface area contributed by atoms with Gasteiger partial charge in [-0.15, -0.1) is 0 Å². The first-order valence-electron chi connectivity index (χ1n) is 11.0. The summed E-state index contributed by atoms with van der Waals surface area (Å²) >= 11 is 0. The zero-order valence-corrected chi connectivity index (χ0v) is 19.6. The molecule has 0 spiro atoms. The van der Waals surface area contributed by atoms with Gasteiger partial charge >= 0.3 is 12.1 Å². The molecule has 0 saturated carbocycles. The van der Waals surface area contributed by atoms with E-state index in [2.05, 4.69) is 0 Å². The van der Waals surface area contributed by atoms with E-state index in [4.69, 9.17) is 9.47 Å². The monoisotopic (exact) mass is 432 g/mol. The molecule has 1 aliphatic rings. The van der Waals surface area contributed by atoms with Gasteiger partial charge in [0.25, 0.3) is 0 Å². The van der Waals surface area contributed by atoms with Gasteiger partial charge in [0.2, 0.25) is 5.91 Å². The maximum Gasteiger partial charge on any atom is 0.411 e. The van der Waals surface area contributed by atoms with Crippen LogP contribution in [0.25, 0.3) is 0 Å². The molecule has 1 fully saturated rings. The summed E-state index contributed by atoms with van der Waals surface area (Å²) in [6.07, 6.45) is 0.365. The lowest BCUT2D eigenvalue weighted by atomic mass is 9.96. The smallest absolute Gasteiger partial charge is 0.411 e. The minimum atomic E-state index is -0.731. The van der Waals surface area contributed by atoms with Crippen LogP contribution in [0, 0.1) is 5.92 Å². The predicted octanol–water partition coefficient (Wildman–Crippen LogP) is 3.65. The fraction of sp³-hybridized carbons (Fsp3) is 0.625. The Kier molecular flexibility index (Phi) is 8.48. The van der Waals surface area contributed by atoms with E-state index in [1.165, 1.54) is 4.90 Å². The lowest BCUT2D eigenvalue weighted by molar-refractivity contribution is -0.159. The average molecular weight is 433 g/mol. The van der Waals surface area contributed by atoms with E-state index >= 15 is 0 Å². The number of rotatable bonds is 7. The summed E-state index contributed by atoms with van der Waals surface area (Å²) in [5, 5.41) is 0. The number of hydrogen-bond acceptors (Lipinski definition) is 5. The van der Waals surface area contributed by atoms with Gasteiger partial charge < -0.3 is 14.4 Å². The summed E-state index contributed by atoms with van der Waals surface area (Å²) in [4.78, 5) is 42.2. The number of carbonyl (C=O) groups excluding carboxylic acids is 3. The standard InChI is InChI=1S/C24H36N2O5/c1-7-30-22(28)20(16-18-11-9-8-10-12-18)25-13-14-26(23(29)31-24(4,5)6)19(21(25)27)15-17(2)3/h8-12,17,19-20H,7,13-16H2,1-6H3/t19-,20+/m1/s1. The molecule has 2 amide bonds. The first-order chi connectivity index (χ1) is 14.5. The Hall–Kier alpha value is -2.57. The molecule has 1 heterocycles. The highest BCUT2D eigenvalue weighted by molar-refractivity contribution is 5.91. The van der Waals surface area contributed by atoms with Gasteiger partial charge in [-0.1, -0.05) is 44.2 Å². The van der Waals surface area contributed by atoms with E-state index in [0.717, 1.165) is 5.56 Å². The van der Waals surface area contributed by atoms with Crippen LogP contribution in [0.5, 0.6) is 0 Å². The van der Waals surface area contributed by atoms with E-state index in [1.54, 1.807) is 32.6 Å². The van der Waals surface area contributed by atoms with Crippen molar-refractivity contribution in [2.45, 2.75) is 72.1 Å². The highest BCUT2D eigenvalue weighted by atomic mass is 16.6. The second kappa shape index (κ2) is 10.6. The first-order valence-corrected chi connectivity index (χ1v) is 11.0. The van der Waals surface area contributed by atoms with Crippen molar-refractivity contribution >= 4 is 18.0 Å². The zero-order valence-electron chi connectivity index (χ0n) is 19.6. The van der Waals surface area contributed by atoms with Crippen LogP contribution in [-0.4, -0.2) is 65.2 Å². The molecule has 0 aliphatic carbocycles. The molecule has 1 aliphatic heterocycles. The quantitative estimate of drug-likeness (QED) is 0.615. The summed E-state index contributed by atoms with van der Waals surface area (Å²) in [7, 11) is 0. The minimum Gasteiger partial charge on any atom is -0.464 e. The summed E-state index contributed by atoms with van der Waals surface area (Å²) in [5.74, 6) is -0.470. The number of amides is 2. The van der Waals surface area contributed by atoms with Gasteiger partial charge in [0, 0.05) is 19.5 Å². The predicted molar refractivity (Wildman–Crippen MR) is 118 cm³/mol. The molecule has 7 heteroatoms. The number of piperazine rings is 1. The van der Waals surface area contributed by atoms with Gasteiger partial charge in [0.05, 0.1) is 6.61 Å². The highest BCUT2D eigenvalue weighted by Gasteiger charge is 2.43. The maximum atomic E-state index is 13.6. The number of nitrogens with zero attached hydrogens (tertiary/aromatic N) is 2. The molecule has 2 atom stereocenters. The number of carbonyl (C=O) groups is 3. The Bertz CT molecular complexity index is 757. The highest BCUT2D eigenvalue weighted by Crippen LogP contribution is 2.24. The van der Waals surface area contributed by atoms with Crippen LogP contribution in [0.4, 0.5) is 4.79 Å². The second-order valence-corrected chi connectivity index (χ2v) is 9.31. The number of hydrogen-bond donors (Lipinski definition) is 0. The van der Waals surface area contributed by atoms with Crippen molar-refractivity contribution < 1.29 is 23.9 Å². The van der Waals surface area contributed by atoms with E-state index < -0.39 is 29.7 Å². The molecule has 0 bridgehead atoms. The third kappa shape index (κ3) is 6.97. The summed E-state index contributed by atoms with van der Waals surface area (Å²) in [6, 6.07) is 8.18. The summed E-state index contributed by atoms with van der Waals surface area (Å²) < 4.78 is 10.8. The van der Waals surface area contributed by atoms with Crippen LogP contribution in [0.1, 0.15) is 53.5 Å². The number of esters is 1. The fourth-order valence-electron chi connectivity index (χ4n) is 3.73. The molecule has 31 heavy (non-hydrogen) atoms. The lowest BCUT2D eigenvalue weighted by Gasteiger charge is -2.43. The Balaban J connectivity index is 2.30. The summed E-state index contributed by atoms with van der Waals surface area (Å²) in [6.45, 7) is 12.0. The third-order valence-electron chi connectivity index (χ3n) is 5.06. The van der Waals surface area contributed by atoms with Crippen LogP contribution in [-0.2, 0) is 25.5 Å². The number of ether oxygens (including phenoxy) is 2. The van der Waals surface area contributed by atoms with E-state index in [1.807, 2.05) is 44.2 Å². The van der Waals surface area contributed by atoms with Crippen molar-refractivity contribution in [3.8, 4) is 0 Å². The molecule has 7 nitrogen and oxygen atoms in total. The molecule has 1 aromatic rings. The van der Waals surface area contributed by atoms with Gasteiger partial charge in [0.1, 0.15) is 17.7 Å². The van der Waals surface area contributed by atoms with Gasteiger partial charge in [-0.3, -0.25) is 9.69 Å². The Morgan fingerprint density at radius 2 is 1.77 bits per heavy atom. The third-order valence-corrected chi connectivity index (χ3v) is 5.06. The Morgan fingerprint density at radius 3 is 2.32 bits per heavy atom. The molecule has 1 saturated heterocycles. The molecule has 1 aromatic carbocycles. The van der Waals surface area contributed by atoms with Crippen molar-refractivity contribution in [3.63, 3.8) is 0 Å². The second-order valence-electron chi connectivity index (χ2n) is 9.31. The normalized spacial score (nSPS) is 18.2. The minimum absolute atomic E-state index is 0.189. The molecular weight excluding hydrogens is 396 g/mol. The topological polar surface area (TPSA) is 76.2 Å². The lowest BCUT2D eigenvalue weighted by Crippen LogP contribution is -2.63. The van der Waals surface area contributed by atoms with E-state index in [-0.39, 0.29) is 25.0 Å². The Morgan fingerprint density at radius 1 is 1.13 bits per heavy atom. The van der Waals surface area contributed by atoms with Gasteiger partial charge in [-0.2, -0.15) is 0 Å².